The fourth-order valence-corrected chi connectivity index (χ4v) is 2.39. The Morgan fingerprint density at radius 2 is 2.05 bits per heavy atom. The van der Waals surface area contributed by atoms with E-state index < -0.39 is 0 Å². The summed E-state index contributed by atoms with van der Waals surface area (Å²) in [6, 6.07) is 4.08. The Labute approximate surface area is 134 Å². The first kappa shape index (κ1) is 15.7. The molecule has 0 spiro atoms. The number of halogens is 1. The third kappa shape index (κ3) is 4.67. The Kier molecular flexibility index (Phi) is 5.92. The van der Waals surface area contributed by atoms with E-state index in [2.05, 4.69) is 48.0 Å². The molecule has 0 saturated heterocycles. The molecule has 112 valence electrons. The summed E-state index contributed by atoms with van der Waals surface area (Å²) in [7, 11) is 2.04. The largest absolute Gasteiger partial charge is 0.358 e. The molecule has 21 heavy (non-hydrogen) atoms. The number of nitrogens with one attached hydrogen (secondary N) is 1. The third-order valence-electron chi connectivity index (χ3n) is 3.11. The first-order valence-corrected chi connectivity index (χ1v) is 7.86. The van der Waals surface area contributed by atoms with Crippen molar-refractivity contribution in [3.05, 3.63) is 40.8 Å². The van der Waals surface area contributed by atoms with Gasteiger partial charge in [0.25, 0.3) is 0 Å². The lowest BCUT2D eigenvalue weighted by Gasteiger charge is -2.20. The normalized spacial score (nSPS) is 10.4. The second-order valence-corrected chi connectivity index (χ2v) is 5.67. The van der Waals surface area contributed by atoms with Crippen LogP contribution in [-0.4, -0.2) is 35.1 Å². The lowest BCUT2D eigenvalue weighted by Crippen LogP contribution is -2.22. The molecule has 0 aliphatic heterocycles. The first-order valence-electron chi connectivity index (χ1n) is 7.07. The van der Waals surface area contributed by atoms with E-state index in [1.165, 1.54) is 5.56 Å². The van der Waals surface area contributed by atoms with Crippen LogP contribution in [-0.2, 0) is 6.42 Å². The van der Waals surface area contributed by atoms with E-state index in [9.17, 15) is 0 Å². The predicted molar refractivity (Wildman–Crippen MR) is 89.7 cm³/mol. The topological polar surface area (TPSA) is 53.9 Å². The van der Waals surface area contributed by atoms with E-state index in [0.717, 1.165) is 36.2 Å². The number of rotatable bonds is 7. The first-order chi connectivity index (χ1) is 10.2. The molecule has 2 heterocycles. The molecule has 6 heteroatoms. The number of nitrogens with zero attached hydrogens (tertiary/aromatic N) is 4. The van der Waals surface area contributed by atoms with Gasteiger partial charge in [0.2, 0.25) is 5.95 Å². The monoisotopic (exact) mass is 349 g/mol. The molecule has 0 amide bonds. The van der Waals surface area contributed by atoms with Crippen LogP contribution < -0.4 is 10.2 Å². The van der Waals surface area contributed by atoms with Crippen LogP contribution in [0.25, 0.3) is 0 Å². The molecule has 0 aliphatic rings. The highest BCUT2D eigenvalue weighted by Gasteiger charge is 2.10. The van der Waals surface area contributed by atoms with E-state index in [1.807, 2.05) is 31.6 Å². The van der Waals surface area contributed by atoms with Gasteiger partial charge in [0, 0.05) is 38.7 Å². The van der Waals surface area contributed by atoms with Crippen molar-refractivity contribution in [2.75, 3.05) is 30.4 Å². The number of anilines is 2. The summed E-state index contributed by atoms with van der Waals surface area (Å²) in [6.07, 6.45) is 7.44. The summed E-state index contributed by atoms with van der Waals surface area (Å²) >= 11 is 3.52. The minimum Gasteiger partial charge on any atom is -0.358 e. The van der Waals surface area contributed by atoms with Crippen molar-refractivity contribution < 1.29 is 0 Å². The van der Waals surface area contributed by atoms with E-state index in [4.69, 9.17) is 0 Å². The number of aromatic nitrogens is 3. The van der Waals surface area contributed by atoms with Gasteiger partial charge in [-0.1, -0.05) is 6.92 Å². The summed E-state index contributed by atoms with van der Waals surface area (Å²) in [5, 5.41) is 3.21. The van der Waals surface area contributed by atoms with Gasteiger partial charge in [0.1, 0.15) is 5.82 Å². The van der Waals surface area contributed by atoms with Crippen molar-refractivity contribution in [1.29, 1.82) is 0 Å². The minimum absolute atomic E-state index is 0.672. The highest BCUT2D eigenvalue weighted by molar-refractivity contribution is 9.10. The number of likely N-dealkylation sites (N-methyl/N-ethyl adjacent to an activating group) is 1. The maximum Gasteiger partial charge on any atom is 0.224 e. The maximum absolute atomic E-state index is 4.57. The molecular formula is C15H20BrN5. The van der Waals surface area contributed by atoms with Crippen LogP contribution in [0.3, 0.4) is 0 Å². The molecule has 1 N–H and O–H groups in total. The van der Waals surface area contributed by atoms with Crippen molar-refractivity contribution in [2.24, 2.45) is 0 Å². The summed E-state index contributed by atoms with van der Waals surface area (Å²) in [5.74, 6) is 1.57. The molecule has 0 bridgehead atoms. The molecule has 2 rings (SSSR count). The fourth-order valence-electron chi connectivity index (χ4n) is 1.90. The average molecular weight is 350 g/mol. The Morgan fingerprint density at radius 3 is 2.76 bits per heavy atom. The van der Waals surface area contributed by atoms with Gasteiger partial charge in [-0.3, -0.25) is 4.98 Å². The van der Waals surface area contributed by atoms with Gasteiger partial charge in [-0.25, -0.2) is 4.98 Å². The molecule has 0 atom stereocenters. The van der Waals surface area contributed by atoms with E-state index >= 15 is 0 Å². The zero-order valence-corrected chi connectivity index (χ0v) is 14.0. The Bertz CT molecular complexity index is 561. The molecule has 0 aliphatic carbocycles. The number of pyridine rings is 1. The predicted octanol–water partition coefficient (Wildman–Crippen LogP) is 3.13. The van der Waals surface area contributed by atoms with E-state index in [-0.39, 0.29) is 0 Å². The fraction of sp³-hybridized carbons (Fsp3) is 0.400. The van der Waals surface area contributed by atoms with Crippen LogP contribution in [0.4, 0.5) is 11.8 Å². The molecule has 2 aromatic heterocycles. The highest BCUT2D eigenvalue weighted by atomic mass is 79.9. The standard InChI is InChI=1S/C15H20BrN5/c1-3-7-18-15-19-11-13(16)14(20-15)21(2)10-6-12-4-8-17-9-5-12/h4-5,8-9,11H,3,6-7,10H2,1-2H3,(H,18,19,20). The smallest absolute Gasteiger partial charge is 0.224 e. The zero-order valence-electron chi connectivity index (χ0n) is 12.4. The molecule has 0 saturated carbocycles. The third-order valence-corrected chi connectivity index (χ3v) is 3.66. The van der Waals surface area contributed by atoms with Crippen LogP contribution in [0.15, 0.2) is 35.2 Å². The Morgan fingerprint density at radius 1 is 1.29 bits per heavy atom. The number of hydrogen-bond donors (Lipinski definition) is 1. The van der Waals surface area contributed by atoms with Gasteiger partial charge in [-0.05, 0) is 46.5 Å². The van der Waals surface area contributed by atoms with E-state index in [1.54, 1.807) is 6.20 Å². The molecule has 0 unspecified atom stereocenters. The Balaban J connectivity index is 2.02. The van der Waals surface area contributed by atoms with Crippen LogP contribution in [0.1, 0.15) is 18.9 Å². The van der Waals surface area contributed by atoms with Gasteiger partial charge in [0.15, 0.2) is 0 Å². The number of hydrogen-bond acceptors (Lipinski definition) is 5. The lowest BCUT2D eigenvalue weighted by atomic mass is 10.2. The van der Waals surface area contributed by atoms with Gasteiger partial charge in [-0.2, -0.15) is 4.98 Å². The van der Waals surface area contributed by atoms with Crippen molar-refractivity contribution in [3.8, 4) is 0 Å². The summed E-state index contributed by atoms with van der Waals surface area (Å²) in [5.41, 5.74) is 1.27. The molecule has 5 nitrogen and oxygen atoms in total. The molecule has 2 aromatic rings. The summed E-state index contributed by atoms with van der Waals surface area (Å²) in [4.78, 5) is 15.0. The van der Waals surface area contributed by atoms with Crippen LogP contribution in [0.2, 0.25) is 0 Å². The quantitative estimate of drug-likeness (QED) is 0.832. The average Bonchev–Trinajstić information content (AvgIpc) is 2.53. The van der Waals surface area contributed by atoms with Crippen molar-refractivity contribution in [3.63, 3.8) is 0 Å². The minimum atomic E-state index is 0.672. The zero-order chi connectivity index (χ0) is 15.1. The van der Waals surface area contributed by atoms with Crippen LogP contribution in [0.5, 0.6) is 0 Å². The molecule has 0 radical (unpaired) electrons. The molecular weight excluding hydrogens is 330 g/mol. The van der Waals surface area contributed by atoms with Crippen molar-refractivity contribution in [2.45, 2.75) is 19.8 Å². The highest BCUT2D eigenvalue weighted by Crippen LogP contribution is 2.23. The van der Waals surface area contributed by atoms with Crippen molar-refractivity contribution >= 4 is 27.7 Å². The lowest BCUT2D eigenvalue weighted by molar-refractivity contribution is 0.848. The van der Waals surface area contributed by atoms with E-state index in [0.29, 0.717) is 5.95 Å². The molecule has 0 fully saturated rings. The summed E-state index contributed by atoms with van der Waals surface area (Å²) in [6.45, 7) is 3.88. The van der Waals surface area contributed by atoms with Crippen molar-refractivity contribution in [1.82, 2.24) is 15.0 Å². The summed E-state index contributed by atoms with van der Waals surface area (Å²) < 4.78 is 0.904. The van der Waals surface area contributed by atoms with Crippen LogP contribution >= 0.6 is 15.9 Å². The van der Waals surface area contributed by atoms with Gasteiger partial charge >= 0.3 is 0 Å². The van der Waals surface area contributed by atoms with Gasteiger partial charge < -0.3 is 10.2 Å². The van der Waals surface area contributed by atoms with Gasteiger partial charge in [-0.15, -0.1) is 0 Å². The SMILES string of the molecule is CCCNc1ncc(Br)c(N(C)CCc2ccncc2)n1. The van der Waals surface area contributed by atoms with Gasteiger partial charge in [0.05, 0.1) is 4.47 Å². The van der Waals surface area contributed by atoms with Crippen LogP contribution in [0, 0.1) is 0 Å². The molecule has 0 aromatic carbocycles. The maximum atomic E-state index is 4.57. The Hall–Kier alpha value is -1.69. The second kappa shape index (κ2) is 7.93. The second-order valence-electron chi connectivity index (χ2n) is 4.82.